The van der Waals surface area contributed by atoms with Crippen LogP contribution in [0.3, 0.4) is 0 Å². The lowest BCUT2D eigenvalue weighted by atomic mass is 10.1. The first-order valence-electron chi connectivity index (χ1n) is 9.92. The van der Waals surface area contributed by atoms with E-state index in [1.165, 1.54) is 12.8 Å². The summed E-state index contributed by atoms with van der Waals surface area (Å²) in [6, 6.07) is 24.1. The van der Waals surface area contributed by atoms with Gasteiger partial charge in [-0.1, -0.05) is 49.2 Å². The summed E-state index contributed by atoms with van der Waals surface area (Å²) in [4.78, 5) is 21.9. The second-order valence-electron chi connectivity index (χ2n) is 7.21. The van der Waals surface area contributed by atoms with Crippen molar-refractivity contribution >= 4 is 17.4 Å². The quantitative estimate of drug-likeness (QED) is 0.569. The smallest absolute Gasteiger partial charge is 0.317 e. The molecule has 2 amide bonds. The van der Waals surface area contributed by atoms with Crippen LogP contribution in [0.2, 0.25) is 0 Å². The SMILES string of the molecule is O=C(N(c1ccccc1)c1ccccc1)N(Cc1ccncc1)C1CCCC1. The van der Waals surface area contributed by atoms with E-state index in [0.29, 0.717) is 6.54 Å². The third kappa shape index (κ3) is 4.06. The van der Waals surface area contributed by atoms with Gasteiger partial charge in [-0.3, -0.25) is 9.88 Å². The van der Waals surface area contributed by atoms with E-state index in [9.17, 15) is 4.79 Å². The number of para-hydroxylation sites is 2. The molecule has 0 spiro atoms. The highest BCUT2D eigenvalue weighted by atomic mass is 16.2. The summed E-state index contributed by atoms with van der Waals surface area (Å²) in [6.45, 7) is 0.599. The monoisotopic (exact) mass is 371 g/mol. The molecule has 1 saturated carbocycles. The van der Waals surface area contributed by atoms with Gasteiger partial charge in [0.15, 0.2) is 0 Å². The lowest BCUT2D eigenvalue weighted by Crippen LogP contribution is -2.45. The molecule has 2 aromatic carbocycles. The van der Waals surface area contributed by atoms with E-state index in [4.69, 9.17) is 0 Å². The van der Waals surface area contributed by atoms with Crippen LogP contribution in [0.15, 0.2) is 85.2 Å². The van der Waals surface area contributed by atoms with Gasteiger partial charge >= 0.3 is 6.03 Å². The van der Waals surface area contributed by atoms with Crippen molar-refractivity contribution in [2.45, 2.75) is 38.3 Å². The Bertz CT molecular complexity index is 838. The highest BCUT2D eigenvalue weighted by molar-refractivity contribution is 5.99. The zero-order valence-electron chi connectivity index (χ0n) is 15.9. The summed E-state index contributed by atoms with van der Waals surface area (Å²) in [5.41, 5.74) is 2.88. The van der Waals surface area contributed by atoms with E-state index in [-0.39, 0.29) is 12.1 Å². The van der Waals surface area contributed by atoms with E-state index in [1.54, 1.807) is 12.4 Å². The first kappa shape index (κ1) is 18.2. The molecular formula is C24H25N3O. The van der Waals surface area contributed by atoms with E-state index in [0.717, 1.165) is 29.8 Å². The fourth-order valence-electron chi connectivity index (χ4n) is 3.91. The molecule has 142 valence electrons. The summed E-state index contributed by atoms with van der Waals surface area (Å²) in [7, 11) is 0. The standard InChI is InChI=1S/C24H25N3O/c28-24(26(21-9-7-8-10-21)19-20-15-17-25-18-16-20)27(22-11-3-1-4-12-22)23-13-5-2-6-14-23/h1-6,11-18,21H,7-10,19H2. The zero-order chi connectivity index (χ0) is 19.2. The van der Waals surface area contributed by atoms with Gasteiger partial charge in [0, 0.05) is 25.0 Å². The first-order valence-corrected chi connectivity index (χ1v) is 9.92. The van der Waals surface area contributed by atoms with E-state index in [1.807, 2.05) is 82.6 Å². The summed E-state index contributed by atoms with van der Waals surface area (Å²) < 4.78 is 0. The molecule has 1 fully saturated rings. The molecular weight excluding hydrogens is 346 g/mol. The average Bonchev–Trinajstić information content (AvgIpc) is 3.29. The van der Waals surface area contributed by atoms with Crippen LogP contribution in [0.5, 0.6) is 0 Å². The van der Waals surface area contributed by atoms with Crippen molar-refractivity contribution in [2.24, 2.45) is 0 Å². The van der Waals surface area contributed by atoms with Crippen LogP contribution in [0.1, 0.15) is 31.2 Å². The van der Waals surface area contributed by atoms with Crippen molar-refractivity contribution in [3.63, 3.8) is 0 Å². The molecule has 0 radical (unpaired) electrons. The molecule has 28 heavy (non-hydrogen) atoms. The number of anilines is 2. The largest absolute Gasteiger partial charge is 0.329 e. The lowest BCUT2D eigenvalue weighted by molar-refractivity contribution is 0.180. The number of aromatic nitrogens is 1. The number of nitrogens with zero attached hydrogens (tertiary/aromatic N) is 3. The van der Waals surface area contributed by atoms with Gasteiger partial charge in [0.25, 0.3) is 0 Å². The van der Waals surface area contributed by atoms with Crippen molar-refractivity contribution in [2.75, 3.05) is 4.90 Å². The van der Waals surface area contributed by atoms with Gasteiger partial charge in [-0.25, -0.2) is 4.79 Å². The molecule has 0 saturated heterocycles. The molecule has 0 unspecified atom stereocenters. The van der Waals surface area contributed by atoms with E-state index in [2.05, 4.69) is 4.98 Å². The maximum absolute atomic E-state index is 13.9. The van der Waals surface area contributed by atoms with Gasteiger partial charge in [-0.15, -0.1) is 0 Å². The number of rotatable bonds is 5. The lowest BCUT2D eigenvalue weighted by Gasteiger charge is -2.35. The molecule has 4 rings (SSSR count). The maximum atomic E-state index is 13.9. The van der Waals surface area contributed by atoms with Crippen molar-refractivity contribution in [1.29, 1.82) is 0 Å². The fraction of sp³-hybridized carbons (Fsp3) is 0.250. The summed E-state index contributed by atoms with van der Waals surface area (Å²) in [5, 5.41) is 0. The second-order valence-corrected chi connectivity index (χ2v) is 7.21. The molecule has 0 bridgehead atoms. The maximum Gasteiger partial charge on any atom is 0.329 e. The number of amides is 2. The second kappa shape index (κ2) is 8.70. The number of carbonyl (C=O) groups excluding carboxylic acids is 1. The molecule has 1 heterocycles. The van der Waals surface area contributed by atoms with Gasteiger partial charge in [0.05, 0.1) is 11.4 Å². The van der Waals surface area contributed by atoms with Gasteiger partial charge in [-0.2, -0.15) is 0 Å². The van der Waals surface area contributed by atoms with Crippen LogP contribution >= 0.6 is 0 Å². The van der Waals surface area contributed by atoms with Gasteiger partial charge < -0.3 is 4.90 Å². The summed E-state index contributed by atoms with van der Waals surface area (Å²) in [6.07, 6.45) is 8.07. The van der Waals surface area contributed by atoms with E-state index < -0.39 is 0 Å². The molecule has 4 nitrogen and oxygen atoms in total. The Labute approximate surface area is 166 Å². The Kier molecular flexibility index (Phi) is 5.66. The van der Waals surface area contributed by atoms with Crippen molar-refractivity contribution in [1.82, 2.24) is 9.88 Å². The molecule has 0 atom stereocenters. The predicted octanol–water partition coefficient (Wildman–Crippen LogP) is 5.78. The summed E-state index contributed by atoms with van der Waals surface area (Å²) in [5.74, 6) is 0. The first-order chi connectivity index (χ1) is 13.8. The molecule has 0 aliphatic heterocycles. The van der Waals surface area contributed by atoms with Crippen LogP contribution in [0, 0.1) is 0 Å². The summed E-state index contributed by atoms with van der Waals surface area (Å²) >= 11 is 0. The number of benzene rings is 2. The van der Waals surface area contributed by atoms with Crippen LogP contribution in [0.25, 0.3) is 0 Å². The highest BCUT2D eigenvalue weighted by Crippen LogP contribution is 2.31. The van der Waals surface area contributed by atoms with Gasteiger partial charge in [0.1, 0.15) is 0 Å². The minimum Gasteiger partial charge on any atom is -0.317 e. The Morgan fingerprint density at radius 2 is 1.36 bits per heavy atom. The third-order valence-electron chi connectivity index (χ3n) is 5.33. The molecule has 0 N–H and O–H groups in total. The van der Waals surface area contributed by atoms with Crippen LogP contribution < -0.4 is 4.90 Å². The van der Waals surface area contributed by atoms with E-state index >= 15 is 0 Å². The topological polar surface area (TPSA) is 36.4 Å². The molecule has 1 aromatic heterocycles. The number of hydrogen-bond donors (Lipinski definition) is 0. The molecule has 1 aliphatic carbocycles. The minimum absolute atomic E-state index is 0.0288. The van der Waals surface area contributed by atoms with Crippen molar-refractivity contribution in [3.05, 3.63) is 90.8 Å². The molecule has 1 aliphatic rings. The zero-order valence-corrected chi connectivity index (χ0v) is 15.9. The van der Waals surface area contributed by atoms with Crippen LogP contribution in [-0.2, 0) is 6.54 Å². The molecule has 3 aromatic rings. The normalized spacial score (nSPS) is 14.0. The Morgan fingerprint density at radius 1 is 0.821 bits per heavy atom. The highest BCUT2D eigenvalue weighted by Gasteiger charge is 2.31. The number of urea groups is 1. The van der Waals surface area contributed by atoms with Crippen molar-refractivity contribution in [3.8, 4) is 0 Å². The number of pyridine rings is 1. The third-order valence-corrected chi connectivity index (χ3v) is 5.33. The Balaban J connectivity index is 1.71. The van der Waals surface area contributed by atoms with Crippen LogP contribution in [-0.4, -0.2) is 22.0 Å². The Morgan fingerprint density at radius 3 is 1.89 bits per heavy atom. The van der Waals surface area contributed by atoms with Gasteiger partial charge in [-0.05, 0) is 54.8 Å². The minimum atomic E-state index is 0.0288. The number of hydrogen-bond acceptors (Lipinski definition) is 2. The number of carbonyl (C=O) groups is 1. The fourth-order valence-corrected chi connectivity index (χ4v) is 3.91. The van der Waals surface area contributed by atoms with Crippen LogP contribution in [0.4, 0.5) is 16.2 Å². The molecule has 4 heteroatoms. The van der Waals surface area contributed by atoms with Gasteiger partial charge in [0.2, 0.25) is 0 Å². The predicted molar refractivity (Wildman–Crippen MR) is 112 cm³/mol. The Hall–Kier alpha value is -3.14. The average molecular weight is 371 g/mol. The van der Waals surface area contributed by atoms with Crippen molar-refractivity contribution < 1.29 is 4.79 Å².